The number of amides is 1. The molecule has 0 bridgehead atoms. The molecule has 0 unspecified atom stereocenters. The maximum absolute atomic E-state index is 11.4. The van der Waals surface area contributed by atoms with Gasteiger partial charge in [0.25, 0.3) is 5.91 Å². The number of hydrogen-bond acceptors (Lipinski definition) is 5. The number of nitrogen functional groups attached to an aromatic ring is 1. The van der Waals surface area contributed by atoms with Crippen molar-refractivity contribution in [2.45, 2.75) is 0 Å². The van der Waals surface area contributed by atoms with Crippen molar-refractivity contribution >= 4 is 23.0 Å². The Hall–Kier alpha value is -2.73. The van der Waals surface area contributed by atoms with Crippen molar-refractivity contribution in [3.63, 3.8) is 0 Å². The van der Waals surface area contributed by atoms with Crippen LogP contribution in [0.2, 0.25) is 0 Å². The van der Waals surface area contributed by atoms with Crippen LogP contribution in [0, 0.1) is 0 Å². The molecule has 6 nitrogen and oxygen atoms in total. The van der Waals surface area contributed by atoms with E-state index < -0.39 is 5.91 Å². The second-order valence-electron chi connectivity index (χ2n) is 6.26. The Bertz CT molecular complexity index is 725. The van der Waals surface area contributed by atoms with Crippen LogP contribution in [-0.4, -0.2) is 50.1 Å². The van der Waals surface area contributed by atoms with Crippen molar-refractivity contribution < 1.29 is 4.79 Å². The van der Waals surface area contributed by atoms with Gasteiger partial charge in [-0.1, -0.05) is 18.2 Å². The fourth-order valence-corrected chi connectivity index (χ4v) is 3.15. The first-order chi connectivity index (χ1) is 12.1. The Morgan fingerprint density at radius 2 is 1.80 bits per heavy atom. The van der Waals surface area contributed by atoms with E-state index in [0.717, 1.165) is 50.6 Å². The third-order valence-electron chi connectivity index (χ3n) is 4.54. The third kappa shape index (κ3) is 4.42. The molecule has 0 spiro atoms. The maximum atomic E-state index is 11.4. The van der Waals surface area contributed by atoms with E-state index in [0.29, 0.717) is 5.56 Å². The van der Waals surface area contributed by atoms with E-state index in [9.17, 15) is 4.79 Å². The molecule has 1 saturated heterocycles. The summed E-state index contributed by atoms with van der Waals surface area (Å²) >= 11 is 0. The molecule has 1 fully saturated rings. The summed E-state index contributed by atoms with van der Waals surface area (Å²) in [4.78, 5) is 16.2. The second-order valence-corrected chi connectivity index (χ2v) is 6.26. The Balaban J connectivity index is 1.46. The molecule has 132 valence electrons. The molecule has 1 aliphatic rings. The molecule has 0 aliphatic carbocycles. The quantitative estimate of drug-likeness (QED) is 0.696. The molecule has 0 atom stereocenters. The molecule has 1 aliphatic heterocycles. The highest BCUT2D eigenvalue weighted by Gasteiger charge is 2.17. The van der Waals surface area contributed by atoms with Gasteiger partial charge in [0.2, 0.25) is 0 Å². The zero-order valence-electron chi connectivity index (χ0n) is 14.3. The molecule has 25 heavy (non-hydrogen) atoms. The number of primary amides is 1. The highest BCUT2D eigenvalue weighted by atomic mass is 16.1. The van der Waals surface area contributed by atoms with E-state index in [-0.39, 0.29) is 0 Å². The number of carbonyl (C=O) groups excluding carboxylic acids is 1. The predicted molar refractivity (Wildman–Crippen MR) is 103 cm³/mol. The van der Waals surface area contributed by atoms with Crippen LogP contribution >= 0.6 is 0 Å². The molecule has 0 saturated carbocycles. The summed E-state index contributed by atoms with van der Waals surface area (Å²) in [5.41, 5.74) is 14.6. The van der Waals surface area contributed by atoms with Gasteiger partial charge in [0, 0.05) is 56.3 Å². The minimum Gasteiger partial charge on any atom is -0.399 e. The predicted octanol–water partition coefficient (Wildman–Crippen LogP) is 1.60. The first kappa shape index (κ1) is 17.1. The number of nitrogens with two attached hydrogens (primary N) is 2. The number of nitrogens with zero attached hydrogens (tertiary/aromatic N) is 2. The van der Waals surface area contributed by atoms with Gasteiger partial charge in [-0.15, -0.1) is 0 Å². The molecule has 3 rings (SSSR count). The molecule has 6 heteroatoms. The zero-order chi connectivity index (χ0) is 17.6. The summed E-state index contributed by atoms with van der Waals surface area (Å²) in [5, 5.41) is 3.32. The monoisotopic (exact) mass is 339 g/mol. The molecule has 2 aromatic rings. The smallest absolute Gasteiger partial charge is 0.250 e. The normalized spacial score (nSPS) is 15.1. The first-order valence-electron chi connectivity index (χ1n) is 8.59. The molecular formula is C19H25N5O. The van der Waals surface area contributed by atoms with Crippen LogP contribution in [-0.2, 0) is 0 Å². The highest BCUT2D eigenvalue weighted by molar-refractivity contribution is 5.98. The maximum Gasteiger partial charge on any atom is 0.250 e. The lowest BCUT2D eigenvalue weighted by atomic mass is 10.1. The van der Waals surface area contributed by atoms with E-state index in [2.05, 4.69) is 21.2 Å². The SMILES string of the molecule is NC(=O)c1ccccc1NCCN1CCN(c2cccc(N)c2)CC1. The molecule has 1 heterocycles. The van der Waals surface area contributed by atoms with E-state index >= 15 is 0 Å². The molecule has 5 N–H and O–H groups in total. The van der Waals surface area contributed by atoms with Gasteiger partial charge in [0.15, 0.2) is 0 Å². The lowest BCUT2D eigenvalue weighted by molar-refractivity contribution is 0.100. The number of benzene rings is 2. The summed E-state index contributed by atoms with van der Waals surface area (Å²) in [6.45, 7) is 5.70. The number of nitrogens with one attached hydrogen (secondary N) is 1. The van der Waals surface area contributed by atoms with E-state index in [1.54, 1.807) is 6.07 Å². The Kier molecular flexibility index (Phi) is 5.40. The van der Waals surface area contributed by atoms with Crippen molar-refractivity contribution in [3.05, 3.63) is 54.1 Å². The first-order valence-corrected chi connectivity index (χ1v) is 8.59. The van der Waals surface area contributed by atoms with Crippen LogP contribution in [0.15, 0.2) is 48.5 Å². The van der Waals surface area contributed by atoms with Crippen LogP contribution in [0.3, 0.4) is 0 Å². The van der Waals surface area contributed by atoms with Crippen LogP contribution in [0.4, 0.5) is 17.1 Å². The van der Waals surface area contributed by atoms with Gasteiger partial charge >= 0.3 is 0 Å². The van der Waals surface area contributed by atoms with Crippen molar-refractivity contribution in [2.75, 3.05) is 55.2 Å². The summed E-state index contributed by atoms with van der Waals surface area (Å²) in [6, 6.07) is 15.4. The number of piperazine rings is 1. The lowest BCUT2D eigenvalue weighted by Gasteiger charge is -2.36. The van der Waals surface area contributed by atoms with Gasteiger partial charge in [-0.05, 0) is 30.3 Å². The third-order valence-corrected chi connectivity index (χ3v) is 4.54. The van der Waals surface area contributed by atoms with Gasteiger partial charge in [-0.25, -0.2) is 0 Å². The topological polar surface area (TPSA) is 87.6 Å². The van der Waals surface area contributed by atoms with Crippen LogP contribution in [0.5, 0.6) is 0 Å². The fourth-order valence-electron chi connectivity index (χ4n) is 3.15. The Morgan fingerprint density at radius 3 is 2.52 bits per heavy atom. The van der Waals surface area contributed by atoms with E-state index in [4.69, 9.17) is 11.5 Å². The number of para-hydroxylation sites is 1. The van der Waals surface area contributed by atoms with Crippen molar-refractivity contribution in [3.8, 4) is 0 Å². The molecule has 0 aromatic heterocycles. The van der Waals surface area contributed by atoms with Gasteiger partial charge in [-0.3, -0.25) is 9.69 Å². The largest absolute Gasteiger partial charge is 0.399 e. The zero-order valence-corrected chi connectivity index (χ0v) is 14.3. The van der Waals surface area contributed by atoms with Crippen molar-refractivity contribution in [1.82, 2.24) is 4.90 Å². The van der Waals surface area contributed by atoms with Crippen LogP contribution in [0.25, 0.3) is 0 Å². The highest BCUT2D eigenvalue weighted by Crippen LogP contribution is 2.19. The van der Waals surface area contributed by atoms with Crippen molar-refractivity contribution in [2.24, 2.45) is 5.73 Å². The summed E-state index contributed by atoms with van der Waals surface area (Å²) in [5.74, 6) is -0.404. The van der Waals surface area contributed by atoms with Gasteiger partial charge in [0.05, 0.1) is 5.56 Å². The van der Waals surface area contributed by atoms with E-state index in [1.165, 1.54) is 5.69 Å². The average Bonchev–Trinajstić information content (AvgIpc) is 2.62. The minimum atomic E-state index is -0.404. The number of carbonyl (C=O) groups is 1. The number of hydrogen-bond donors (Lipinski definition) is 3. The molecule has 1 amide bonds. The van der Waals surface area contributed by atoms with Gasteiger partial charge in [-0.2, -0.15) is 0 Å². The molecular weight excluding hydrogens is 314 g/mol. The van der Waals surface area contributed by atoms with Crippen LogP contribution in [0.1, 0.15) is 10.4 Å². The summed E-state index contributed by atoms with van der Waals surface area (Å²) in [6.07, 6.45) is 0. The summed E-state index contributed by atoms with van der Waals surface area (Å²) in [7, 11) is 0. The second kappa shape index (κ2) is 7.90. The fraction of sp³-hybridized carbons (Fsp3) is 0.316. The Morgan fingerprint density at radius 1 is 1.04 bits per heavy atom. The number of rotatable bonds is 6. The number of anilines is 3. The van der Waals surface area contributed by atoms with E-state index in [1.807, 2.05) is 36.4 Å². The van der Waals surface area contributed by atoms with Crippen LogP contribution < -0.4 is 21.7 Å². The average molecular weight is 339 g/mol. The Labute approximate surface area is 148 Å². The lowest BCUT2D eigenvalue weighted by Crippen LogP contribution is -2.47. The van der Waals surface area contributed by atoms with Gasteiger partial charge in [0.1, 0.15) is 0 Å². The van der Waals surface area contributed by atoms with Gasteiger partial charge < -0.3 is 21.7 Å². The van der Waals surface area contributed by atoms with Crippen molar-refractivity contribution in [1.29, 1.82) is 0 Å². The standard InChI is InChI=1S/C19H25N5O/c20-15-4-3-5-16(14-15)24-12-10-23(11-13-24)9-8-22-18-7-2-1-6-17(18)19(21)25/h1-7,14,22H,8-13,20H2,(H2,21,25). The summed E-state index contributed by atoms with van der Waals surface area (Å²) < 4.78 is 0. The molecule has 2 aromatic carbocycles. The minimum absolute atomic E-state index is 0.404. The molecule has 0 radical (unpaired) electrons.